The zero-order valence-electron chi connectivity index (χ0n) is 10.9. The van der Waals surface area contributed by atoms with Crippen LogP contribution < -0.4 is 5.32 Å². The van der Waals surface area contributed by atoms with Crippen molar-refractivity contribution in [2.75, 3.05) is 20.6 Å². The third-order valence-electron chi connectivity index (χ3n) is 2.42. The summed E-state index contributed by atoms with van der Waals surface area (Å²) >= 11 is 0. The van der Waals surface area contributed by atoms with Crippen LogP contribution in [0.3, 0.4) is 0 Å². The zero-order valence-corrected chi connectivity index (χ0v) is 11.7. The van der Waals surface area contributed by atoms with Crippen molar-refractivity contribution in [1.82, 2.24) is 9.62 Å². The number of sulfonamides is 1. The molecule has 0 unspecified atom stereocenters. The molecule has 0 aliphatic carbocycles. The van der Waals surface area contributed by atoms with Crippen LogP contribution in [-0.4, -0.2) is 44.4 Å². The SMILES string of the molecule is CN(C)S(=O)(=O)c1ccc(CNCCCC(=O)O)o1. The number of nitrogens with zero attached hydrogens (tertiary/aromatic N) is 1. The van der Waals surface area contributed by atoms with Gasteiger partial charge in [-0.15, -0.1) is 0 Å². The Balaban J connectivity index is 2.46. The van der Waals surface area contributed by atoms with Gasteiger partial charge in [0.1, 0.15) is 5.76 Å². The fourth-order valence-electron chi connectivity index (χ4n) is 1.35. The number of carboxylic acid groups (broad SMARTS) is 1. The first-order valence-electron chi connectivity index (χ1n) is 5.78. The summed E-state index contributed by atoms with van der Waals surface area (Å²) in [5, 5.41) is 11.3. The van der Waals surface area contributed by atoms with Crippen molar-refractivity contribution < 1.29 is 22.7 Å². The molecule has 0 amide bonds. The molecule has 0 saturated carbocycles. The van der Waals surface area contributed by atoms with Crippen molar-refractivity contribution >= 4 is 16.0 Å². The van der Waals surface area contributed by atoms with Gasteiger partial charge in [-0.2, -0.15) is 0 Å². The molecular weight excluding hydrogens is 272 g/mol. The minimum Gasteiger partial charge on any atom is -0.481 e. The maximum Gasteiger partial charge on any atom is 0.303 e. The number of hydrogen-bond donors (Lipinski definition) is 2. The van der Waals surface area contributed by atoms with Gasteiger partial charge in [0.15, 0.2) is 0 Å². The van der Waals surface area contributed by atoms with Crippen LogP contribution in [0, 0.1) is 0 Å². The summed E-state index contributed by atoms with van der Waals surface area (Å²) in [5.74, 6) is -0.338. The van der Waals surface area contributed by atoms with E-state index in [2.05, 4.69) is 5.32 Å². The van der Waals surface area contributed by atoms with Gasteiger partial charge in [0.2, 0.25) is 5.09 Å². The molecule has 0 aromatic carbocycles. The zero-order chi connectivity index (χ0) is 14.5. The second-order valence-electron chi connectivity index (χ2n) is 4.18. The Hall–Kier alpha value is -1.38. The molecule has 0 aliphatic rings. The molecule has 1 aromatic rings. The fraction of sp³-hybridized carbons (Fsp3) is 0.545. The van der Waals surface area contributed by atoms with E-state index < -0.39 is 16.0 Å². The van der Waals surface area contributed by atoms with E-state index in [0.717, 1.165) is 4.31 Å². The summed E-state index contributed by atoms with van der Waals surface area (Å²) in [7, 11) is -0.677. The average Bonchev–Trinajstić information content (AvgIpc) is 2.77. The first kappa shape index (κ1) is 15.7. The number of aliphatic carboxylic acids is 1. The molecule has 0 spiro atoms. The van der Waals surface area contributed by atoms with Gasteiger partial charge in [0.25, 0.3) is 10.0 Å². The highest BCUT2D eigenvalue weighted by atomic mass is 32.2. The highest BCUT2D eigenvalue weighted by molar-refractivity contribution is 7.88. The van der Waals surface area contributed by atoms with Crippen LogP contribution in [0.15, 0.2) is 21.6 Å². The quantitative estimate of drug-likeness (QED) is 0.676. The molecule has 108 valence electrons. The van der Waals surface area contributed by atoms with Crippen molar-refractivity contribution in [3.63, 3.8) is 0 Å². The third-order valence-corrected chi connectivity index (χ3v) is 4.10. The highest BCUT2D eigenvalue weighted by Crippen LogP contribution is 2.16. The monoisotopic (exact) mass is 290 g/mol. The van der Waals surface area contributed by atoms with Crippen LogP contribution in [0.1, 0.15) is 18.6 Å². The number of furan rings is 1. The van der Waals surface area contributed by atoms with Gasteiger partial charge in [0, 0.05) is 20.5 Å². The van der Waals surface area contributed by atoms with Gasteiger partial charge in [-0.25, -0.2) is 12.7 Å². The number of carboxylic acids is 1. The molecule has 8 heteroatoms. The Morgan fingerprint density at radius 3 is 2.68 bits per heavy atom. The molecular formula is C11H18N2O5S. The van der Waals surface area contributed by atoms with Crippen LogP contribution >= 0.6 is 0 Å². The minimum atomic E-state index is -3.54. The Morgan fingerprint density at radius 2 is 2.11 bits per heavy atom. The summed E-state index contributed by atoms with van der Waals surface area (Å²) in [5.41, 5.74) is 0. The van der Waals surface area contributed by atoms with E-state index in [0.29, 0.717) is 25.3 Å². The second kappa shape index (κ2) is 6.69. The highest BCUT2D eigenvalue weighted by Gasteiger charge is 2.21. The Morgan fingerprint density at radius 1 is 1.42 bits per heavy atom. The molecule has 2 N–H and O–H groups in total. The standard InChI is InChI=1S/C11H18N2O5S/c1-13(2)19(16,17)11-6-5-9(18-11)8-12-7-3-4-10(14)15/h5-6,12H,3-4,7-8H2,1-2H3,(H,14,15). The molecule has 19 heavy (non-hydrogen) atoms. The van der Waals surface area contributed by atoms with Gasteiger partial charge >= 0.3 is 5.97 Å². The largest absolute Gasteiger partial charge is 0.481 e. The van der Waals surface area contributed by atoms with E-state index in [1.54, 1.807) is 6.07 Å². The molecule has 7 nitrogen and oxygen atoms in total. The number of rotatable bonds is 8. The van der Waals surface area contributed by atoms with Crippen LogP contribution in [0.2, 0.25) is 0 Å². The normalized spacial score (nSPS) is 11.9. The predicted octanol–water partition coefficient (Wildman–Crippen LogP) is 0.484. The third kappa shape index (κ3) is 4.66. The minimum absolute atomic E-state index is 0.0974. The lowest BCUT2D eigenvalue weighted by Crippen LogP contribution is -2.21. The van der Waals surface area contributed by atoms with E-state index >= 15 is 0 Å². The molecule has 1 rings (SSSR count). The van der Waals surface area contributed by atoms with Gasteiger partial charge in [-0.3, -0.25) is 4.79 Å². The number of nitrogens with one attached hydrogen (secondary N) is 1. The van der Waals surface area contributed by atoms with E-state index in [9.17, 15) is 13.2 Å². The molecule has 1 aromatic heterocycles. The van der Waals surface area contributed by atoms with Gasteiger partial charge in [0.05, 0.1) is 6.54 Å². The fourth-order valence-corrected chi connectivity index (χ4v) is 2.16. The van der Waals surface area contributed by atoms with E-state index in [4.69, 9.17) is 9.52 Å². The lowest BCUT2D eigenvalue weighted by atomic mass is 10.3. The van der Waals surface area contributed by atoms with Crippen LogP contribution in [0.25, 0.3) is 0 Å². The molecule has 0 aliphatic heterocycles. The average molecular weight is 290 g/mol. The second-order valence-corrected chi connectivity index (χ2v) is 6.27. The summed E-state index contributed by atoms with van der Waals surface area (Å²) in [6, 6.07) is 2.99. The maximum absolute atomic E-state index is 11.7. The summed E-state index contributed by atoms with van der Waals surface area (Å²) < 4.78 is 29.8. The van der Waals surface area contributed by atoms with Crippen molar-refractivity contribution in [3.05, 3.63) is 17.9 Å². The molecule has 0 atom stereocenters. The van der Waals surface area contributed by atoms with Crippen LogP contribution in [-0.2, 0) is 21.4 Å². The van der Waals surface area contributed by atoms with Gasteiger partial charge in [-0.05, 0) is 25.1 Å². The molecule has 0 saturated heterocycles. The van der Waals surface area contributed by atoms with Crippen LogP contribution in [0.4, 0.5) is 0 Å². The van der Waals surface area contributed by atoms with Crippen molar-refractivity contribution in [3.8, 4) is 0 Å². The Kier molecular flexibility index (Phi) is 5.52. The predicted molar refractivity (Wildman–Crippen MR) is 68.2 cm³/mol. The summed E-state index contributed by atoms with van der Waals surface area (Å²) in [6.07, 6.45) is 0.615. The number of carbonyl (C=O) groups is 1. The molecule has 0 bridgehead atoms. The Labute approximate surface area is 112 Å². The van der Waals surface area contributed by atoms with E-state index in [-0.39, 0.29) is 11.5 Å². The topological polar surface area (TPSA) is 99.9 Å². The van der Waals surface area contributed by atoms with Crippen molar-refractivity contribution in [1.29, 1.82) is 0 Å². The molecule has 1 heterocycles. The first-order chi connectivity index (χ1) is 8.84. The molecule has 0 radical (unpaired) electrons. The van der Waals surface area contributed by atoms with Crippen molar-refractivity contribution in [2.24, 2.45) is 0 Å². The van der Waals surface area contributed by atoms with Gasteiger partial charge < -0.3 is 14.8 Å². The first-order valence-corrected chi connectivity index (χ1v) is 7.22. The Bertz CT molecular complexity index is 521. The van der Waals surface area contributed by atoms with Crippen LogP contribution in [0.5, 0.6) is 0 Å². The number of hydrogen-bond acceptors (Lipinski definition) is 5. The maximum atomic E-state index is 11.7. The van der Waals surface area contributed by atoms with E-state index in [1.807, 2.05) is 0 Å². The lowest BCUT2D eigenvalue weighted by Gasteiger charge is -2.07. The summed E-state index contributed by atoms with van der Waals surface area (Å²) in [4.78, 5) is 10.3. The lowest BCUT2D eigenvalue weighted by molar-refractivity contribution is -0.137. The molecule has 0 fully saturated rings. The van der Waals surface area contributed by atoms with E-state index in [1.165, 1.54) is 20.2 Å². The van der Waals surface area contributed by atoms with Crippen molar-refractivity contribution in [2.45, 2.75) is 24.5 Å². The summed E-state index contributed by atoms with van der Waals surface area (Å²) in [6.45, 7) is 0.894. The smallest absolute Gasteiger partial charge is 0.303 e. The van der Waals surface area contributed by atoms with Gasteiger partial charge in [-0.1, -0.05) is 0 Å².